The summed E-state index contributed by atoms with van der Waals surface area (Å²) in [4.78, 5) is 26.3. The van der Waals surface area contributed by atoms with Crippen molar-refractivity contribution in [1.29, 1.82) is 0 Å². The Morgan fingerprint density at radius 1 is 1.30 bits per heavy atom. The summed E-state index contributed by atoms with van der Waals surface area (Å²) in [6.45, 7) is 2.64. The van der Waals surface area contributed by atoms with E-state index in [0.29, 0.717) is 28.4 Å². The molecule has 0 bridgehead atoms. The Labute approximate surface area is 163 Å². The molecule has 0 aromatic heterocycles. The Morgan fingerprint density at radius 2 is 2.00 bits per heavy atom. The molecule has 1 atom stereocenters. The molecule has 142 valence electrons. The highest BCUT2D eigenvalue weighted by Crippen LogP contribution is 2.29. The fourth-order valence-corrected chi connectivity index (χ4v) is 3.30. The van der Waals surface area contributed by atoms with E-state index in [2.05, 4.69) is 5.32 Å². The van der Waals surface area contributed by atoms with Crippen molar-refractivity contribution in [3.05, 3.63) is 52.5 Å². The van der Waals surface area contributed by atoms with Gasteiger partial charge in [-0.15, -0.1) is 0 Å². The SMILES string of the molecule is COc1cc(N)c(Cl)cc1C(=O)NC(C)c1ccc(N2CCCC2=O)cc1. The van der Waals surface area contributed by atoms with Gasteiger partial charge < -0.3 is 20.7 Å². The molecule has 27 heavy (non-hydrogen) atoms. The lowest BCUT2D eigenvalue weighted by Crippen LogP contribution is -2.27. The van der Waals surface area contributed by atoms with E-state index in [1.54, 1.807) is 4.90 Å². The standard InChI is InChI=1S/C20H22ClN3O3/c1-12(13-5-7-14(8-6-13)24-9-3-4-19(24)25)23-20(26)15-10-16(21)17(22)11-18(15)27-2/h5-8,10-12H,3-4,9,22H2,1-2H3,(H,23,26). The molecule has 1 aliphatic heterocycles. The average molecular weight is 388 g/mol. The van der Waals surface area contributed by atoms with Gasteiger partial charge in [-0.25, -0.2) is 0 Å². The van der Waals surface area contributed by atoms with Crippen LogP contribution in [0.15, 0.2) is 36.4 Å². The second-order valence-corrected chi connectivity index (χ2v) is 6.92. The molecule has 7 heteroatoms. The largest absolute Gasteiger partial charge is 0.496 e. The molecule has 1 aliphatic rings. The molecule has 0 spiro atoms. The number of halogens is 1. The summed E-state index contributed by atoms with van der Waals surface area (Å²) in [6, 6.07) is 10.4. The molecule has 2 aromatic rings. The molecule has 3 N–H and O–H groups in total. The summed E-state index contributed by atoms with van der Waals surface area (Å²) in [5.41, 5.74) is 8.25. The first-order valence-electron chi connectivity index (χ1n) is 8.75. The second kappa shape index (κ2) is 7.88. The number of nitrogen functional groups attached to an aromatic ring is 1. The Bertz CT molecular complexity index is 868. The molecule has 2 aromatic carbocycles. The lowest BCUT2D eigenvalue weighted by atomic mass is 10.1. The van der Waals surface area contributed by atoms with Gasteiger partial charge in [0.25, 0.3) is 5.91 Å². The summed E-state index contributed by atoms with van der Waals surface area (Å²) in [7, 11) is 1.47. The van der Waals surface area contributed by atoms with Gasteiger partial charge in [0.2, 0.25) is 5.91 Å². The van der Waals surface area contributed by atoms with Crippen LogP contribution >= 0.6 is 11.6 Å². The highest BCUT2D eigenvalue weighted by molar-refractivity contribution is 6.33. The zero-order valence-electron chi connectivity index (χ0n) is 15.3. The van der Waals surface area contributed by atoms with Gasteiger partial charge in [0, 0.05) is 24.7 Å². The second-order valence-electron chi connectivity index (χ2n) is 6.51. The van der Waals surface area contributed by atoms with Crippen LogP contribution in [-0.4, -0.2) is 25.5 Å². The molecule has 1 fully saturated rings. The zero-order valence-corrected chi connectivity index (χ0v) is 16.0. The van der Waals surface area contributed by atoms with Crippen molar-refractivity contribution in [3.63, 3.8) is 0 Å². The van der Waals surface area contributed by atoms with E-state index >= 15 is 0 Å². The first-order chi connectivity index (χ1) is 12.9. The van der Waals surface area contributed by atoms with E-state index < -0.39 is 0 Å². The van der Waals surface area contributed by atoms with Crippen LogP contribution in [0.25, 0.3) is 0 Å². The third-order valence-corrected chi connectivity index (χ3v) is 5.02. The summed E-state index contributed by atoms with van der Waals surface area (Å²) in [5.74, 6) is 0.209. The number of nitrogens with zero attached hydrogens (tertiary/aromatic N) is 1. The number of benzene rings is 2. The van der Waals surface area contributed by atoms with Crippen molar-refractivity contribution < 1.29 is 14.3 Å². The van der Waals surface area contributed by atoms with Gasteiger partial charge in [-0.05, 0) is 37.1 Å². The first-order valence-corrected chi connectivity index (χ1v) is 9.12. The molecular weight excluding hydrogens is 366 g/mol. The van der Waals surface area contributed by atoms with Gasteiger partial charge in [-0.3, -0.25) is 9.59 Å². The average Bonchev–Trinajstić information content (AvgIpc) is 3.09. The van der Waals surface area contributed by atoms with Crippen LogP contribution < -0.4 is 20.7 Å². The fourth-order valence-electron chi connectivity index (χ4n) is 3.14. The van der Waals surface area contributed by atoms with E-state index in [-0.39, 0.29) is 17.9 Å². The van der Waals surface area contributed by atoms with Gasteiger partial charge in [0.05, 0.1) is 29.4 Å². The number of nitrogens with one attached hydrogen (secondary N) is 1. The van der Waals surface area contributed by atoms with Crippen LogP contribution in [-0.2, 0) is 4.79 Å². The maximum atomic E-state index is 12.6. The number of anilines is 2. The summed E-state index contributed by atoms with van der Waals surface area (Å²) in [5, 5.41) is 3.23. The molecule has 1 heterocycles. The molecule has 1 saturated heterocycles. The Balaban J connectivity index is 1.73. The molecular formula is C20H22ClN3O3. The van der Waals surface area contributed by atoms with Crippen LogP contribution in [0.2, 0.25) is 5.02 Å². The Kier molecular flexibility index (Phi) is 5.56. The van der Waals surface area contributed by atoms with Gasteiger partial charge >= 0.3 is 0 Å². The lowest BCUT2D eigenvalue weighted by Gasteiger charge is -2.19. The van der Waals surface area contributed by atoms with Crippen LogP contribution in [0, 0.1) is 0 Å². The molecule has 0 saturated carbocycles. The highest BCUT2D eigenvalue weighted by Gasteiger charge is 2.22. The van der Waals surface area contributed by atoms with E-state index in [1.165, 1.54) is 19.2 Å². The lowest BCUT2D eigenvalue weighted by molar-refractivity contribution is -0.117. The number of carbonyl (C=O) groups excluding carboxylic acids is 2. The van der Waals surface area contributed by atoms with Gasteiger partial charge in [0.15, 0.2) is 0 Å². The van der Waals surface area contributed by atoms with Crippen LogP contribution in [0.5, 0.6) is 5.75 Å². The molecule has 6 nitrogen and oxygen atoms in total. The van der Waals surface area contributed by atoms with Crippen LogP contribution in [0.1, 0.15) is 41.7 Å². The van der Waals surface area contributed by atoms with Crippen molar-refractivity contribution >= 4 is 34.8 Å². The van der Waals surface area contributed by atoms with Gasteiger partial charge in [-0.2, -0.15) is 0 Å². The number of methoxy groups -OCH3 is 1. The topological polar surface area (TPSA) is 84.7 Å². The molecule has 0 radical (unpaired) electrons. The monoisotopic (exact) mass is 387 g/mol. The fraction of sp³-hybridized carbons (Fsp3) is 0.300. The quantitative estimate of drug-likeness (QED) is 0.768. The normalized spacial score (nSPS) is 14.9. The number of amides is 2. The van der Waals surface area contributed by atoms with Crippen molar-refractivity contribution in [2.75, 3.05) is 24.3 Å². The summed E-state index contributed by atoms with van der Waals surface area (Å²) < 4.78 is 5.24. The van der Waals surface area contributed by atoms with Crippen molar-refractivity contribution in [3.8, 4) is 5.75 Å². The number of nitrogens with two attached hydrogens (primary N) is 1. The van der Waals surface area contributed by atoms with Gasteiger partial charge in [-0.1, -0.05) is 23.7 Å². The van der Waals surface area contributed by atoms with Crippen LogP contribution in [0.4, 0.5) is 11.4 Å². The maximum Gasteiger partial charge on any atom is 0.255 e. The smallest absolute Gasteiger partial charge is 0.255 e. The predicted molar refractivity (Wildman–Crippen MR) is 106 cm³/mol. The summed E-state index contributed by atoms with van der Waals surface area (Å²) >= 11 is 6.04. The van der Waals surface area contributed by atoms with E-state index in [0.717, 1.165) is 24.2 Å². The summed E-state index contributed by atoms with van der Waals surface area (Å²) in [6.07, 6.45) is 1.49. The Morgan fingerprint density at radius 3 is 2.59 bits per heavy atom. The Hall–Kier alpha value is -2.73. The number of carbonyl (C=O) groups is 2. The van der Waals surface area contributed by atoms with Crippen LogP contribution in [0.3, 0.4) is 0 Å². The molecule has 1 unspecified atom stereocenters. The zero-order chi connectivity index (χ0) is 19.6. The molecule has 3 rings (SSSR count). The number of rotatable bonds is 5. The van der Waals surface area contributed by atoms with E-state index in [1.807, 2.05) is 31.2 Å². The van der Waals surface area contributed by atoms with Crippen molar-refractivity contribution in [2.45, 2.75) is 25.8 Å². The number of hydrogen-bond donors (Lipinski definition) is 2. The van der Waals surface area contributed by atoms with Gasteiger partial charge in [0.1, 0.15) is 5.75 Å². The first kappa shape index (κ1) is 19.0. The maximum absolute atomic E-state index is 12.6. The highest BCUT2D eigenvalue weighted by atomic mass is 35.5. The van der Waals surface area contributed by atoms with E-state index in [4.69, 9.17) is 22.1 Å². The minimum Gasteiger partial charge on any atom is -0.496 e. The molecule has 0 aliphatic carbocycles. The molecule has 2 amide bonds. The predicted octanol–water partition coefficient (Wildman–Crippen LogP) is 3.55. The number of hydrogen-bond acceptors (Lipinski definition) is 4. The minimum atomic E-state index is -0.306. The minimum absolute atomic E-state index is 0.149. The van der Waals surface area contributed by atoms with E-state index in [9.17, 15) is 9.59 Å². The van der Waals surface area contributed by atoms with Crippen molar-refractivity contribution in [1.82, 2.24) is 5.32 Å². The number of ether oxygens (including phenoxy) is 1. The van der Waals surface area contributed by atoms with Crippen molar-refractivity contribution in [2.24, 2.45) is 0 Å². The third kappa shape index (κ3) is 4.01. The third-order valence-electron chi connectivity index (χ3n) is 4.69.